The van der Waals surface area contributed by atoms with Crippen molar-refractivity contribution in [3.63, 3.8) is 0 Å². The minimum atomic E-state index is -0.0904. The van der Waals surface area contributed by atoms with E-state index in [0.717, 1.165) is 30.6 Å². The van der Waals surface area contributed by atoms with Gasteiger partial charge in [-0.25, -0.2) is 9.97 Å². The van der Waals surface area contributed by atoms with Crippen LogP contribution in [0.5, 0.6) is 17.4 Å². The molecule has 0 aliphatic heterocycles. The number of aryl methyl sites for hydroxylation is 1. The Kier molecular flexibility index (Phi) is 6.21. The highest BCUT2D eigenvalue weighted by Crippen LogP contribution is 2.30. The zero-order valence-corrected chi connectivity index (χ0v) is 18.9. The van der Waals surface area contributed by atoms with Crippen LogP contribution in [0.4, 0.5) is 0 Å². The second kappa shape index (κ2) is 9.75. The molecule has 1 unspecified atom stereocenters. The molecule has 34 heavy (non-hydrogen) atoms. The molecule has 170 valence electrons. The molecule has 0 fully saturated rings. The molecular weight excluding hydrogens is 426 g/mol. The number of rotatable bonds is 6. The molecule has 1 N–H and O–H groups in total. The number of hydrogen-bond donors (Lipinski definition) is 1. The smallest absolute Gasteiger partial charge is 0.251 e. The van der Waals surface area contributed by atoms with Crippen LogP contribution in [0.3, 0.4) is 0 Å². The molecule has 1 aliphatic carbocycles. The normalized spacial score (nSPS) is 14.7. The predicted octanol–water partition coefficient (Wildman–Crippen LogP) is 5.75. The van der Waals surface area contributed by atoms with E-state index in [0.29, 0.717) is 22.9 Å². The third-order valence-corrected chi connectivity index (χ3v) is 6.02. The predicted molar refractivity (Wildman–Crippen MR) is 130 cm³/mol. The van der Waals surface area contributed by atoms with Crippen molar-refractivity contribution in [2.45, 2.75) is 25.3 Å². The Hall–Kier alpha value is -4.19. The number of nitrogens with one attached hydrogen (secondary N) is 1. The molecular formula is C28H25N3O3. The highest BCUT2D eigenvalue weighted by molar-refractivity contribution is 5.95. The summed E-state index contributed by atoms with van der Waals surface area (Å²) in [4.78, 5) is 21.7. The topological polar surface area (TPSA) is 73.3 Å². The van der Waals surface area contributed by atoms with E-state index in [2.05, 4.69) is 33.5 Å². The van der Waals surface area contributed by atoms with Crippen LogP contribution in [-0.2, 0) is 6.42 Å². The Morgan fingerprint density at radius 3 is 2.62 bits per heavy atom. The highest BCUT2D eigenvalue weighted by atomic mass is 16.5. The molecule has 0 radical (unpaired) electrons. The Balaban J connectivity index is 1.33. The number of carbonyl (C=O) groups is 1. The summed E-state index contributed by atoms with van der Waals surface area (Å²) < 4.78 is 11.0. The van der Waals surface area contributed by atoms with Gasteiger partial charge in [-0.1, -0.05) is 36.4 Å². The van der Waals surface area contributed by atoms with Gasteiger partial charge in [0.15, 0.2) is 0 Å². The molecule has 1 atom stereocenters. The van der Waals surface area contributed by atoms with Crippen molar-refractivity contribution >= 4 is 5.91 Å². The van der Waals surface area contributed by atoms with Gasteiger partial charge in [-0.05, 0) is 66.8 Å². The van der Waals surface area contributed by atoms with Crippen LogP contribution in [0, 0.1) is 0 Å². The van der Waals surface area contributed by atoms with E-state index < -0.39 is 0 Å². The monoisotopic (exact) mass is 451 g/mol. The average molecular weight is 452 g/mol. The number of hydrogen-bond acceptors (Lipinski definition) is 5. The van der Waals surface area contributed by atoms with Crippen molar-refractivity contribution in [3.05, 3.63) is 102 Å². The zero-order chi connectivity index (χ0) is 23.3. The third-order valence-electron chi connectivity index (χ3n) is 6.02. The Labute approximate surface area is 198 Å². The van der Waals surface area contributed by atoms with Crippen LogP contribution in [0.2, 0.25) is 0 Å². The minimum absolute atomic E-state index is 0.0321. The van der Waals surface area contributed by atoms with Crippen molar-refractivity contribution in [2.24, 2.45) is 0 Å². The van der Waals surface area contributed by atoms with Crippen LogP contribution in [-0.4, -0.2) is 23.0 Å². The fourth-order valence-corrected chi connectivity index (χ4v) is 4.28. The van der Waals surface area contributed by atoms with Crippen LogP contribution >= 0.6 is 0 Å². The molecule has 0 bridgehead atoms. The SMILES string of the molecule is COc1ccc(Oc2cc(-c3cccc(C(=O)NC4CCCc5ccccc54)c3)ncn2)cc1. The Morgan fingerprint density at radius 2 is 1.76 bits per heavy atom. The molecule has 4 aromatic rings. The van der Waals surface area contributed by atoms with Crippen LogP contribution < -0.4 is 14.8 Å². The van der Waals surface area contributed by atoms with Gasteiger partial charge in [0.2, 0.25) is 5.88 Å². The lowest BCUT2D eigenvalue weighted by atomic mass is 9.87. The third kappa shape index (κ3) is 4.76. The summed E-state index contributed by atoms with van der Waals surface area (Å²) in [5.74, 6) is 1.73. The zero-order valence-electron chi connectivity index (χ0n) is 18.9. The molecule has 0 saturated heterocycles. The van der Waals surface area contributed by atoms with Crippen molar-refractivity contribution in [1.29, 1.82) is 0 Å². The first-order valence-corrected chi connectivity index (χ1v) is 11.3. The van der Waals surface area contributed by atoms with E-state index in [9.17, 15) is 4.79 Å². The molecule has 3 aromatic carbocycles. The van der Waals surface area contributed by atoms with Gasteiger partial charge < -0.3 is 14.8 Å². The van der Waals surface area contributed by atoms with E-state index >= 15 is 0 Å². The molecule has 0 spiro atoms. The van der Waals surface area contributed by atoms with E-state index in [4.69, 9.17) is 9.47 Å². The van der Waals surface area contributed by atoms with Gasteiger partial charge in [0.1, 0.15) is 17.8 Å². The van der Waals surface area contributed by atoms with E-state index in [1.54, 1.807) is 13.2 Å². The second-order valence-electron chi connectivity index (χ2n) is 8.22. The summed E-state index contributed by atoms with van der Waals surface area (Å²) in [6, 6.07) is 24.9. The van der Waals surface area contributed by atoms with Gasteiger partial charge in [0.05, 0.1) is 18.8 Å². The summed E-state index contributed by atoms with van der Waals surface area (Å²) in [6.07, 6.45) is 4.53. The van der Waals surface area contributed by atoms with Gasteiger partial charge in [-0.15, -0.1) is 0 Å². The number of nitrogens with zero attached hydrogens (tertiary/aromatic N) is 2. The maximum absolute atomic E-state index is 13.1. The van der Waals surface area contributed by atoms with Gasteiger partial charge in [-0.3, -0.25) is 4.79 Å². The van der Waals surface area contributed by atoms with Gasteiger partial charge in [0, 0.05) is 17.2 Å². The first-order valence-electron chi connectivity index (χ1n) is 11.3. The van der Waals surface area contributed by atoms with Crippen LogP contribution in [0.15, 0.2) is 85.2 Å². The highest BCUT2D eigenvalue weighted by Gasteiger charge is 2.22. The van der Waals surface area contributed by atoms with Gasteiger partial charge in [0.25, 0.3) is 5.91 Å². The maximum atomic E-state index is 13.1. The summed E-state index contributed by atoms with van der Waals surface area (Å²) >= 11 is 0. The van der Waals surface area contributed by atoms with E-state index in [1.807, 2.05) is 54.6 Å². The molecule has 5 rings (SSSR count). The minimum Gasteiger partial charge on any atom is -0.497 e. The lowest BCUT2D eigenvalue weighted by Crippen LogP contribution is -2.30. The molecule has 1 aromatic heterocycles. The lowest BCUT2D eigenvalue weighted by Gasteiger charge is -2.26. The first-order chi connectivity index (χ1) is 16.7. The van der Waals surface area contributed by atoms with Crippen LogP contribution in [0.25, 0.3) is 11.3 Å². The van der Waals surface area contributed by atoms with Crippen LogP contribution in [0.1, 0.15) is 40.4 Å². The van der Waals surface area contributed by atoms with Crippen molar-refractivity contribution in [2.75, 3.05) is 7.11 Å². The molecule has 1 aliphatic rings. The maximum Gasteiger partial charge on any atom is 0.251 e. The fraction of sp³-hybridized carbons (Fsp3) is 0.179. The molecule has 0 saturated carbocycles. The van der Waals surface area contributed by atoms with Gasteiger partial charge >= 0.3 is 0 Å². The van der Waals surface area contributed by atoms with Gasteiger partial charge in [-0.2, -0.15) is 0 Å². The summed E-state index contributed by atoms with van der Waals surface area (Å²) in [6.45, 7) is 0. The number of amides is 1. The molecule has 6 nitrogen and oxygen atoms in total. The Morgan fingerprint density at radius 1 is 0.941 bits per heavy atom. The van der Waals surface area contributed by atoms with Crippen molar-refractivity contribution in [1.82, 2.24) is 15.3 Å². The standard InChI is InChI=1S/C28H25N3O3/c1-33-22-12-14-23(15-13-22)34-27-17-26(29-18-30-27)20-8-4-9-21(16-20)28(32)31-25-11-5-7-19-6-2-3-10-24(19)25/h2-4,6,8-10,12-18,25H,5,7,11H2,1H3,(H,31,32). The number of benzene rings is 3. The van der Waals surface area contributed by atoms with E-state index in [-0.39, 0.29) is 11.9 Å². The number of aromatic nitrogens is 2. The molecule has 1 heterocycles. The number of carbonyl (C=O) groups excluding carboxylic acids is 1. The fourth-order valence-electron chi connectivity index (χ4n) is 4.28. The molecule has 6 heteroatoms. The molecule has 1 amide bonds. The number of methoxy groups -OCH3 is 1. The average Bonchev–Trinajstić information content (AvgIpc) is 2.89. The summed E-state index contributed by atoms with van der Waals surface area (Å²) in [7, 11) is 1.62. The Bertz CT molecular complexity index is 1300. The largest absolute Gasteiger partial charge is 0.497 e. The van der Waals surface area contributed by atoms with Crippen molar-refractivity contribution < 1.29 is 14.3 Å². The number of fused-ring (bicyclic) bond motifs is 1. The summed E-state index contributed by atoms with van der Waals surface area (Å²) in [5.41, 5.74) is 4.62. The quantitative estimate of drug-likeness (QED) is 0.404. The number of ether oxygens (including phenoxy) is 2. The lowest BCUT2D eigenvalue weighted by molar-refractivity contribution is 0.0933. The second-order valence-corrected chi connectivity index (χ2v) is 8.22. The summed E-state index contributed by atoms with van der Waals surface area (Å²) in [5, 5.41) is 3.22. The first kappa shape index (κ1) is 21.6. The van der Waals surface area contributed by atoms with Crippen molar-refractivity contribution in [3.8, 4) is 28.6 Å². The van der Waals surface area contributed by atoms with E-state index in [1.165, 1.54) is 17.5 Å².